The number of amides is 2. The van der Waals surface area contributed by atoms with Gasteiger partial charge < -0.3 is 15.2 Å². The summed E-state index contributed by atoms with van der Waals surface area (Å²) in [6.45, 7) is 1.73. The number of benzene rings is 2. The van der Waals surface area contributed by atoms with Crippen molar-refractivity contribution < 1.29 is 14.0 Å². The van der Waals surface area contributed by atoms with Crippen molar-refractivity contribution in [3.05, 3.63) is 71.7 Å². The highest BCUT2D eigenvalue weighted by atomic mass is 19.1. The van der Waals surface area contributed by atoms with Crippen molar-refractivity contribution >= 4 is 22.7 Å². The molecular formula is C21H22FN3O2. The lowest BCUT2D eigenvalue weighted by molar-refractivity contribution is -0.135. The van der Waals surface area contributed by atoms with Crippen molar-refractivity contribution in [2.24, 2.45) is 0 Å². The molecule has 27 heavy (non-hydrogen) atoms. The summed E-state index contributed by atoms with van der Waals surface area (Å²) in [5, 5.41) is 3.78. The van der Waals surface area contributed by atoms with Crippen LogP contribution in [0.5, 0.6) is 0 Å². The SMILES string of the molecule is CC(=O)NC(Cc1c[nH]c2ccccc12)C(=O)N(C)Cc1ccc(F)cc1. The molecule has 1 atom stereocenters. The first-order chi connectivity index (χ1) is 12.9. The summed E-state index contributed by atoms with van der Waals surface area (Å²) in [5.41, 5.74) is 2.77. The zero-order chi connectivity index (χ0) is 19.4. The van der Waals surface area contributed by atoms with Gasteiger partial charge in [-0.2, -0.15) is 0 Å². The van der Waals surface area contributed by atoms with Crippen molar-refractivity contribution in [3.63, 3.8) is 0 Å². The van der Waals surface area contributed by atoms with Gasteiger partial charge in [-0.3, -0.25) is 9.59 Å². The highest BCUT2D eigenvalue weighted by Crippen LogP contribution is 2.20. The minimum atomic E-state index is -0.674. The van der Waals surface area contributed by atoms with E-state index in [2.05, 4.69) is 10.3 Å². The molecule has 0 bridgehead atoms. The Balaban J connectivity index is 1.77. The van der Waals surface area contributed by atoms with E-state index in [4.69, 9.17) is 0 Å². The number of rotatable bonds is 6. The van der Waals surface area contributed by atoms with E-state index in [1.165, 1.54) is 19.1 Å². The Morgan fingerprint density at radius 3 is 2.56 bits per heavy atom. The quantitative estimate of drug-likeness (QED) is 0.703. The van der Waals surface area contributed by atoms with E-state index in [1.807, 2.05) is 30.5 Å². The number of halogens is 1. The molecule has 0 radical (unpaired) electrons. The third-order valence-electron chi connectivity index (χ3n) is 4.48. The van der Waals surface area contributed by atoms with Crippen LogP contribution in [0.4, 0.5) is 4.39 Å². The molecule has 1 unspecified atom stereocenters. The summed E-state index contributed by atoms with van der Waals surface area (Å²) in [6.07, 6.45) is 2.25. The van der Waals surface area contributed by atoms with Crippen molar-refractivity contribution in [1.29, 1.82) is 0 Å². The van der Waals surface area contributed by atoms with Gasteiger partial charge in [0, 0.05) is 44.0 Å². The maximum atomic E-state index is 13.1. The van der Waals surface area contributed by atoms with Gasteiger partial charge in [-0.15, -0.1) is 0 Å². The Hall–Kier alpha value is -3.15. The molecule has 1 heterocycles. The van der Waals surface area contributed by atoms with Crippen LogP contribution >= 0.6 is 0 Å². The first-order valence-electron chi connectivity index (χ1n) is 8.75. The number of carbonyl (C=O) groups is 2. The van der Waals surface area contributed by atoms with E-state index in [9.17, 15) is 14.0 Å². The molecule has 0 fully saturated rings. The van der Waals surface area contributed by atoms with Crippen molar-refractivity contribution in [3.8, 4) is 0 Å². The Kier molecular flexibility index (Phi) is 5.54. The standard InChI is InChI=1S/C21H22FN3O2/c1-14(26)24-20(11-16-12-23-19-6-4-3-5-18(16)19)21(27)25(2)13-15-7-9-17(22)10-8-15/h3-10,12,20,23H,11,13H2,1-2H3,(H,24,26). The third-order valence-corrected chi connectivity index (χ3v) is 4.48. The van der Waals surface area contributed by atoms with Crippen molar-refractivity contribution in [2.45, 2.75) is 25.9 Å². The minimum absolute atomic E-state index is 0.195. The van der Waals surface area contributed by atoms with Gasteiger partial charge in [0.15, 0.2) is 0 Å². The number of aromatic nitrogens is 1. The van der Waals surface area contributed by atoms with Crippen LogP contribution in [0.2, 0.25) is 0 Å². The van der Waals surface area contributed by atoms with Crippen LogP contribution in [0.15, 0.2) is 54.7 Å². The van der Waals surface area contributed by atoms with Crippen LogP contribution in [-0.4, -0.2) is 34.8 Å². The van der Waals surface area contributed by atoms with Crippen LogP contribution in [0.1, 0.15) is 18.1 Å². The third kappa shape index (κ3) is 4.53. The van der Waals surface area contributed by atoms with Crippen molar-refractivity contribution in [2.75, 3.05) is 7.05 Å². The maximum absolute atomic E-state index is 13.1. The lowest BCUT2D eigenvalue weighted by Crippen LogP contribution is -2.47. The second kappa shape index (κ2) is 8.03. The Morgan fingerprint density at radius 2 is 1.85 bits per heavy atom. The molecule has 5 nitrogen and oxygen atoms in total. The topological polar surface area (TPSA) is 65.2 Å². The number of fused-ring (bicyclic) bond motifs is 1. The van der Waals surface area contributed by atoms with Crippen LogP contribution in [0.25, 0.3) is 10.9 Å². The van der Waals surface area contributed by atoms with Gasteiger partial charge in [-0.25, -0.2) is 4.39 Å². The van der Waals surface area contributed by atoms with E-state index in [0.717, 1.165) is 22.0 Å². The number of aromatic amines is 1. The maximum Gasteiger partial charge on any atom is 0.245 e. The van der Waals surface area contributed by atoms with Gasteiger partial charge >= 0.3 is 0 Å². The van der Waals surface area contributed by atoms with Crippen LogP contribution in [0, 0.1) is 5.82 Å². The number of carbonyl (C=O) groups excluding carboxylic acids is 2. The van der Waals surface area contributed by atoms with Gasteiger partial charge in [0.05, 0.1) is 0 Å². The van der Waals surface area contributed by atoms with E-state index in [0.29, 0.717) is 13.0 Å². The van der Waals surface area contributed by atoms with E-state index in [1.54, 1.807) is 24.1 Å². The van der Waals surface area contributed by atoms with Gasteiger partial charge in [-0.1, -0.05) is 30.3 Å². The summed E-state index contributed by atoms with van der Waals surface area (Å²) in [6, 6.07) is 13.2. The molecule has 0 aliphatic heterocycles. The van der Waals surface area contributed by atoms with Gasteiger partial charge in [-0.05, 0) is 29.3 Å². The van der Waals surface area contributed by atoms with Gasteiger partial charge in [0.1, 0.15) is 11.9 Å². The number of H-pyrrole nitrogens is 1. The lowest BCUT2D eigenvalue weighted by atomic mass is 10.0. The van der Waals surface area contributed by atoms with Crippen LogP contribution in [0.3, 0.4) is 0 Å². The molecule has 3 rings (SSSR count). The molecule has 6 heteroatoms. The highest BCUT2D eigenvalue weighted by Gasteiger charge is 2.24. The second-order valence-electron chi connectivity index (χ2n) is 6.64. The number of hydrogen-bond donors (Lipinski definition) is 2. The fourth-order valence-electron chi connectivity index (χ4n) is 3.17. The summed E-state index contributed by atoms with van der Waals surface area (Å²) in [5.74, 6) is -0.772. The van der Waals surface area contributed by atoms with Crippen LogP contribution in [-0.2, 0) is 22.6 Å². The predicted octanol–water partition coefficient (Wildman–Crippen LogP) is 3.01. The van der Waals surface area contributed by atoms with Gasteiger partial charge in [0.25, 0.3) is 0 Å². The molecule has 0 saturated heterocycles. The normalized spacial score (nSPS) is 12.0. The molecule has 2 aromatic carbocycles. The summed E-state index contributed by atoms with van der Waals surface area (Å²) < 4.78 is 13.1. The molecule has 0 aliphatic carbocycles. The fraction of sp³-hybridized carbons (Fsp3) is 0.238. The number of para-hydroxylation sites is 1. The smallest absolute Gasteiger partial charge is 0.245 e. The number of nitrogens with one attached hydrogen (secondary N) is 2. The average Bonchev–Trinajstić information content (AvgIpc) is 3.05. The molecule has 2 amide bonds. The number of nitrogens with zero attached hydrogens (tertiary/aromatic N) is 1. The second-order valence-corrected chi connectivity index (χ2v) is 6.64. The van der Waals surface area contributed by atoms with E-state index < -0.39 is 6.04 Å². The molecule has 0 spiro atoms. The summed E-state index contributed by atoms with van der Waals surface area (Å²) in [7, 11) is 1.68. The lowest BCUT2D eigenvalue weighted by Gasteiger charge is -2.24. The van der Waals surface area contributed by atoms with E-state index >= 15 is 0 Å². The molecule has 0 aliphatic rings. The monoisotopic (exact) mass is 367 g/mol. The largest absolute Gasteiger partial charge is 0.361 e. The molecule has 1 aromatic heterocycles. The predicted molar refractivity (Wildman–Crippen MR) is 102 cm³/mol. The fourth-order valence-corrected chi connectivity index (χ4v) is 3.17. The Labute approximate surface area is 157 Å². The van der Waals surface area contributed by atoms with Crippen LogP contribution < -0.4 is 5.32 Å². The number of hydrogen-bond acceptors (Lipinski definition) is 2. The highest BCUT2D eigenvalue weighted by molar-refractivity contribution is 5.89. The first kappa shape index (κ1) is 18.6. The minimum Gasteiger partial charge on any atom is -0.361 e. The molecule has 3 aromatic rings. The zero-order valence-corrected chi connectivity index (χ0v) is 15.3. The molecular weight excluding hydrogens is 345 g/mol. The molecule has 0 saturated carbocycles. The van der Waals surface area contributed by atoms with Gasteiger partial charge in [0.2, 0.25) is 11.8 Å². The summed E-state index contributed by atoms with van der Waals surface area (Å²) >= 11 is 0. The van der Waals surface area contributed by atoms with Crippen molar-refractivity contribution in [1.82, 2.24) is 15.2 Å². The first-order valence-corrected chi connectivity index (χ1v) is 8.75. The Bertz CT molecular complexity index is 949. The average molecular weight is 367 g/mol. The number of likely N-dealkylation sites (N-methyl/N-ethyl adjacent to an activating group) is 1. The summed E-state index contributed by atoms with van der Waals surface area (Å²) in [4.78, 5) is 29.3. The van der Waals surface area contributed by atoms with E-state index in [-0.39, 0.29) is 17.6 Å². The Morgan fingerprint density at radius 1 is 1.15 bits per heavy atom. The zero-order valence-electron chi connectivity index (χ0n) is 15.3. The molecule has 2 N–H and O–H groups in total. The molecule has 140 valence electrons.